The molecule has 2 aromatic heterocycles. The first-order valence-electron chi connectivity index (χ1n) is 3.57. The summed E-state index contributed by atoms with van der Waals surface area (Å²) in [7, 11) is 0. The molecule has 0 aliphatic rings. The highest BCUT2D eigenvalue weighted by Gasteiger charge is 2.02. The lowest BCUT2D eigenvalue weighted by Gasteiger charge is -2.01. The highest BCUT2D eigenvalue weighted by molar-refractivity contribution is 14.1. The molecule has 0 aliphatic heterocycles. The maximum atomic E-state index is 5.94. The van der Waals surface area contributed by atoms with E-state index in [4.69, 9.17) is 11.6 Å². The molecule has 0 saturated carbocycles. The molecule has 13 heavy (non-hydrogen) atoms. The first kappa shape index (κ1) is 8.96. The maximum absolute atomic E-state index is 5.94. The number of halogens is 2. The van der Waals surface area contributed by atoms with Crippen LogP contribution in [0.2, 0.25) is 5.02 Å². The van der Waals surface area contributed by atoms with Crippen molar-refractivity contribution in [3.8, 4) is 5.69 Å². The number of pyridine rings is 1. The second-order valence-corrected chi connectivity index (χ2v) is 4.08. The van der Waals surface area contributed by atoms with Crippen molar-refractivity contribution in [2.24, 2.45) is 0 Å². The molecule has 0 saturated heterocycles. The SMILES string of the molecule is Clc1cnccc1-n1cc(I)cn1. The van der Waals surface area contributed by atoms with E-state index in [1.54, 1.807) is 23.3 Å². The molecule has 0 atom stereocenters. The van der Waals surface area contributed by atoms with E-state index in [0.29, 0.717) is 5.02 Å². The number of hydrogen-bond acceptors (Lipinski definition) is 2. The molecule has 0 amide bonds. The third-order valence-electron chi connectivity index (χ3n) is 1.55. The molecule has 2 rings (SSSR count). The molecule has 2 aromatic rings. The van der Waals surface area contributed by atoms with E-state index in [9.17, 15) is 0 Å². The molecule has 3 nitrogen and oxygen atoms in total. The van der Waals surface area contributed by atoms with Gasteiger partial charge in [0.25, 0.3) is 0 Å². The Kier molecular flexibility index (Phi) is 2.50. The smallest absolute Gasteiger partial charge is 0.0863 e. The fourth-order valence-corrected chi connectivity index (χ4v) is 1.58. The minimum atomic E-state index is 0.599. The Balaban J connectivity index is 2.52. The predicted molar refractivity (Wildman–Crippen MR) is 59.1 cm³/mol. The number of aromatic nitrogens is 3. The molecular weight excluding hydrogens is 300 g/mol. The van der Waals surface area contributed by atoms with Crippen molar-refractivity contribution in [1.82, 2.24) is 14.8 Å². The van der Waals surface area contributed by atoms with Crippen molar-refractivity contribution in [2.75, 3.05) is 0 Å². The normalized spacial score (nSPS) is 10.3. The Hall–Kier alpha value is -0.620. The summed E-state index contributed by atoms with van der Waals surface area (Å²) in [5.74, 6) is 0. The molecule has 0 aromatic carbocycles. The summed E-state index contributed by atoms with van der Waals surface area (Å²) in [6, 6.07) is 1.82. The van der Waals surface area contributed by atoms with Crippen LogP contribution in [-0.2, 0) is 0 Å². The van der Waals surface area contributed by atoms with Crippen molar-refractivity contribution in [2.45, 2.75) is 0 Å². The molecule has 0 spiro atoms. The Bertz CT molecular complexity index is 427. The van der Waals surface area contributed by atoms with E-state index in [-0.39, 0.29) is 0 Å². The third kappa shape index (κ3) is 1.83. The lowest BCUT2D eigenvalue weighted by molar-refractivity contribution is 0.877. The van der Waals surface area contributed by atoms with Crippen LogP contribution in [0, 0.1) is 3.57 Å². The average Bonchev–Trinajstić information content (AvgIpc) is 2.53. The topological polar surface area (TPSA) is 30.7 Å². The minimum absolute atomic E-state index is 0.599. The van der Waals surface area contributed by atoms with Gasteiger partial charge in [0.1, 0.15) is 0 Å². The van der Waals surface area contributed by atoms with Gasteiger partial charge in [-0.3, -0.25) is 4.98 Å². The number of nitrogens with zero attached hydrogens (tertiary/aromatic N) is 3. The van der Waals surface area contributed by atoms with E-state index in [2.05, 4.69) is 32.7 Å². The van der Waals surface area contributed by atoms with Crippen molar-refractivity contribution in [1.29, 1.82) is 0 Å². The lowest BCUT2D eigenvalue weighted by Crippen LogP contribution is -1.95. The summed E-state index contributed by atoms with van der Waals surface area (Å²) in [6.45, 7) is 0. The Morgan fingerprint density at radius 3 is 2.85 bits per heavy atom. The summed E-state index contributed by atoms with van der Waals surface area (Å²) < 4.78 is 2.80. The van der Waals surface area contributed by atoms with Gasteiger partial charge in [0, 0.05) is 18.6 Å². The highest BCUT2D eigenvalue weighted by Crippen LogP contribution is 2.18. The van der Waals surface area contributed by atoms with Crippen LogP contribution in [0.15, 0.2) is 30.9 Å². The van der Waals surface area contributed by atoms with Crippen LogP contribution in [-0.4, -0.2) is 14.8 Å². The molecule has 0 bridgehead atoms. The van der Waals surface area contributed by atoms with Crippen LogP contribution in [0.25, 0.3) is 5.69 Å². The first-order valence-corrected chi connectivity index (χ1v) is 5.03. The second kappa shape index (κ2) is 3.63. The van der Waals surface area contributed by atoms with E-state index in [1.165, 1.54) is 0 Å². The van der Waals surface area contributed by atoms with Crippen molar-refractivity contribution in [3.05, 3.63) is 39.4 Å². The van der Waals surface area contributed by atoms with Gasteiger partial charge in [-0.2, -0.15) is 5.10 Å². The van der Waals surface area contributed by atoms with Crippen molar-refractivity contribution >= 4 is 34.2 Å². The minimum Gasteiger partial charge on any atom is -0.263 e. The van der Waals surface area contributed by atoms with Crippen molar-refractivity contribution in [3.63, 3.8) is 0 Å². The second-order valence-electron chi connectivity index (χ2n) is 2.43. The summed E-state index contributed by atoms with van der Waals surface area (Å²) in [5.41, 5.74) is 0.847. The lowest BCUT2D eigenvalue weighted by atomic mass is 10.4. The van der Waals surface area contributed by atoms with Crippen LogP contribution in [0.5, 0.6) is 0 Å². The van der Waals surface area contributed by atoms with Crippen LogP contribution in [0.4, 0.5) is 0 Å². The fourth-order valence-electron chi connectivity index (χ4n) is 0.986. The van der Waals surface area contributed by atoms with E-state index < -0.39 is 0 Å². The Morgan fingerprint density at radius 1 is 1.38 bits per heavy atom. The molecule has 0 fully saturated rings. The predicted octanol–water partition coefficient (Wildman–Crippen LogP) is 2.53. The highest BCUT2D eigenvalue weighted by atomic mass is 127. The molecule has 2 heterocycles. The zero-order chi connectivity index (χ0) is 9.26. The van der Waals surface area contributed by atoms with E-state index in [0.717, 1.165) is 9.26 Å². The molecule has 66 valence electrons. The maximum Gasteiger partial charge on any atom is 0.0863 e. The standard InChI is InChI=1S/C8H5ClIN3/c9-7-4-11-2-1-8(7)13-5-6(10)3-12-13/h1-5H. The van der Waals surface area contributed by atoms with Gasteiger partial charge in [0.2, 0.25) is 0 Å². The van der Waals surface area contributed by atoms with Crippen LogP contribution in [0.3, 0.4) is 0 Å². The monoisotopic (exact) mass is 305 g/mol. The zero-order valence-electron chi connectivity index (χ0n) is 6.48. The van der Waals surface area contributed by atoms with E-state index >= 15 is 0 Å². The summed E-state index contributed by atoms with van der Waals surface area (Å²) >= 11 is 8.14. The summed E-state index contributed by atoms with van der Waals surface area (Å²) in [6.07, 6.45) is 6.97. The quantitative estimate of drug-likeness (QED) is 0.758. The summed E-state index contributed by atoms with van der Waals surface area (Å²) in [5, 5.41) is 4.74. The average molecular weight is 306 g/mol. The third-order valence-corrected chi connectivity index (χ3v) is 2.40. The van der Waals surface area contributed by atoms with Gasteiger partial charge < -0.3 is 0 Å². The van der Waals surface area contributed by atoms with Crippen LogP contribution >= 0.6 is 34.2 Å². The molecule has 0 radical (unpaired) electrons. The largest absolute Gasteiger partial charge is 0.263 e. The molecule has 0 unspecified atom stereocenters. The number of hydrogen-bond donors (Lipinski definition) is 0. The fraction of sp³-hybridized carbons (Fsp3) is 0. The van der Waals surface area contributed by atoms with Gasteiger partial charge in [-0.15, -0.1) is 0 Å². The zero-order valence-corrected chi connectivity index (χ0v) is 9.40. The van der Waals surface area contributed by atoms with Gasteiger partial charge in [0.05, 0.1) is 20.5 Å². The van der Waals surface area contributed by atoms with Gasteiger partial charge in [-0.05, 0) is 28.7 Å². The van der Waals surface area contributed by atoms with Crippen LogP contribution in [0.1, 0.15) is 0 Å². The molecule has 0 aliphatic carbocycles. The summed E-state index contributed by atoms with van der Waals surface area (Å²) in [4.78, 5) is 3.90. The Labute approximate surface area is 93.9 Å². The van der Waals surface area contributed by atoms with Crippen LogP contribution < -0.4 is 0 Å². The van der Waals surface area contributed by atoms with Gasteiger partial charge >= 0.3 is 0 Å². The van der Waals surface area contributed by atoms with Gasteiger partial charge in [-0.1, -0.05) is 11.6 Å². The molecular formula is C8H5ClIN3. The van der Waals surface area contributed by atoms with E-state index in [1.807, 2.05) is 12.3 Å². The van der Waals surface area contributed by atoms with Gasteiger partial charge in [0.15, 0.2) is 0 Å². The first-order chi connectivity index (χ1) is 6.27. The molecule has 5 heteroatoms. The number of rotatable bonds is 1. The van der Waals surface area contributed by atoms with Gasteiger partial charge in [-0.25, -0.2) is 4.68 Å². The van der Waals surface area contributed by atoms with Crippen molar-refractivity contribution < 1.29 is 0 Å². The Morgan fingerprint density at radius 2 is 2.23 bits per heavy atom. The molecule has 0 N–H and O–H groups in total.